The first-order valence-electron chi connectivity index (χ1n) is 6.07. The number of nitrogens with two attached hydrogens (primary N) is 1. The highest BCUT2D eigenvalue weighted by Crippen LogP contribution is 2.33. The lowest BCUT2D eigenvalue weighted by Crippen LogP contribution is -2.32. The van der Waals surface area contributed by atoms with Gasteiger partial charge in [-0.3, -0.25) is 0 Å². The predicted molar refractivity (Wildman–Crippen MR) is 78.1 cm³/mol. The van der Waals surface area contributed by atoms with Gasteiger partial charge in [-0.25, -0.2) is 12.8 Å². The topological polar surface area (TPSA) is 81.9 Å². The van der Waals surface area contributed by atoms with Crippen molar-refractivity contribution in [1.82, 2.24) is 4.31 Å². The molecule has 1 aromatic rings. The number of nitrogens with zero attached hydrogens (tertiary/aromatic N) is 1. The number of rotatable bonds is 4. The number of benzene rings is 1. The van der Waals surface area contributed by atoms with E-state index < -0.39 is 20.7 Å². The lowest BCUT2D eigenvalue weighted by atomic mass is 10.3. The molecule has 0 unspecified atom stereocenters. The quantitative estimate of drug-likeness (QED) is 0.883. The summed E-state index contributed by atoms with van der Waals surface area (Å²) in [7, 11) is -1.21. The van der Waals surface area contributed by atoms with E-state index in [9.17, 15) is 12.8 Å². The third-order valence-electron chi connectivity index (χ3n) is 3.24. The summed E-state index contributed by atoms with van der Waals surface area (Å²) in [4.78, 5) is -0.427. The van der Waals surface area contributed by atoms with Crippen molar-refractivity contribution in [2.24, 2.45) is 5.73 Å². The van der Waals surface area contributed by atoms with E-state index in [1.54, 1.807) is 0 Å². The Hall–Kier alpha value is -1.09. The minimum Gasteiger partial charge on any atom is -0.493 e. The number of halogens is 2. The van der Waals surface area contributed by atoms with Crippen LogP contribution in [-0.2, 0) is 10.0 Å². The van der Waals surface area contributed by atoms with E-state index in [2.05, 4.69) is 0 Å². The van der Waals surface area contributed by atoms with Crippen molar-refractivity contribution in [1.29, 1.82) is 0 Å². The fourth-order valence-electron chi connectivity index (χ4n) is 2.14. The van der Waals surface area contributed by atoms with Crippen LogP contribution in [0.25, 0.3) is 0 Å². The summed E-state index contributed by atoms with van der Waals surface area (Å²) in [5.74, 6) is -0.568. The van der Waals surface area contributed by atoms with Crippen molar-refractivity contribution < 1.29 is 22.3 Å². The molecule has 0 bridgehead atoms. The first-order valence-corrected chi connectivity index (χ1v) is 7.51. The van der Waals surface area contributed by atoms with Gasteiger partial charge in [0.1, 0.15) is 10.7 Å². The molecular formula is C12H18ClFN2O4S. The Morgan fingerprint density at radius 1 is 1.29 bits per heavy atom. The Balaban J connectivity index is 0.00000220. The second-order valence-electron chi connectivity index (χ2n) is 4.55. The molecule has 0 spiro atoms. The van der Waals surface area contributed by atoms with Crippen LogP contribution < -0.4 is 15.2 Å². The van der Waals surface area contributed by atoms with E-state index in [-0.39, 0.29) is 43.0 Å². The molecule has 0 aliphatic carbocycles. The van der Waals surface area contributed by atoms with Crippen LogP contribution in [0.1, 0.15) is 6.42 Å². The molecule has 1 saturated heterocycles. The van der Waals surface area contributed by atoms with Crippen molar-refractivity contribution in [2.45, 2.75) is 17.4 Å². The highest BCUT2D eigenvalue weighted by molar-refractivity contribution is 7.89. The van der Waals surface area contributed by atoms with Gasteiger partial charge in [-0.05, 0) is 6.42 Å². The van der Waals surface area contributed by atoms with Gasteiger partial charge in [-0.1, -0.05) is 0 Å². The lowest BCUT2D eigenvalue weighted by molar-refractivity contribution is 0.349. The van der Waals surface area contributed by atoms with Gasteiger partial charge in [-0.15, -0.1) is 12.4 Å². The average molecular weight is 341 g/mol. The van der Waals surface area contributed by atoms with Crippen LogP contribution in [0.4, 0.5) is 4.39 Å². The molecule has 6 nitrogen and oxygen atoms in total. The third-order valence-corrected chi connectivity index (χ3v) is 5.12. The SMILES string of the molecule is COc1cc(F)c(S(=O)(=O)N2CC[C@H](N)C2)cc1OC.Cl. The fourth-order valence-corrected chi connectivity index (χ4v) is 3.72. The Labute approximate surface area is 129 Å². The molecule has 0 aromatic heterocycles. The largest absolute Gasteiger partial charge is 0.493 e. The smallest absolute Gasteiger partial charge is 0.246 e. The van der Waals surface area contributed by atoms with Crippen LogP contribution in [0, 0.1) is 5.82 Å². The van der Waals surface area contributed by atoms with Crippen LogP contribution in [0.5, 0.6) is 11.5 Å². The molecule has 1 aromatic carbocycles. The summed E-state index contributed by atoms with van der Waals surface area (Å²) in [5, 5.41) is 0. The van der Waals surface area contributed by atoms with E-state index in [1.807, 2.05) is 0 Å². The monoisotopic (exact) mass is 340 g/mol. The van der Waals surface area contributed by atoms with E-state index in [4.69, 9.17) is 15.2 Å². The molecule has 21 heavy (non-hydrogen) atoms. The zero-order chi connectivity index (χ0) is 14.9. The highest BCUT2D eigenvalue weighted by Gasteiger charge is 2.33. The van der Waals surface area contributed by atoms with Gasteiger partial charge < -0.3 is 15.2 Å². The number of methoxy groups -OCH3 is 2. The van der Waals surface area contributed by atoms with Crippen LogP contribution >= 0.6 is 12.4 Å². The van der Waals surface area contributed by atoms with Gasteiger partial charge in [0.15, 0.2) is 11.5 Å². The molecule has 1 fully saturated rings. The van der Waals surface area contributed by atoms with Crippen molar-refractivity contribution in [3.05, 3.63) is 17.9 Å². The summed E-state index contributed by atoms with van der Waals surface area (Å²) in [6.45, 7) is 0.480. The molecule has 0 saturated carbocycles. The molecule has 1 heterocycles. The number of sulfonamides is 1. The Bertz CT molecular complexity index is 612. The van der Waals surface area contributed by atoms with Crippen LogP contribution in [0.15, 0.2) is 17.0 Å². The maximum absolute atomic E-state index is 14.0. The van der Waals surface area contributed by atoms with E-state index in [1.165, 1.54) is 18.5 Å². The summed E-state index contributed by atoms with van der Waals surface area (Å²) < 4.78 is 50.0. The zero-order valence-corrected chi connectivity index (χ0v) is 13.3. The minimum atomic E-state index is -3.92. The van der Waals surface area contributed by atoms with Crippen LogP contribution in [0.2, 0.25) is 0 Å². The van der Waals surface area contributed by atoms with E-state index in [0.717, 1.165) is 12.1 Å². The van der Waals surface area contributed by atoms with Gasteiger partial charge in [0, 0.05) is 31.3 Å². The van der Waals surface area contributed by atoms with E-state index >= 15 is 0 Å². The van der Waals surface area contributed by atoms with Crippen LogP contribution in [0.3, 0.4) is 0 Å². The molecule has 2 N–H and O–H groups in total. The first-order chi connectivity index (χ1) is 9.40. The molecule has 0 radical (unpaired) electrons. The summed E-state index contributed by atoms with van der Waals surface area (Å²) in [5.41, 5.74) is 5.70. The summed E-state index contributed by atoms with van der Waals surface area (Å²) in [6.07, 6.45) is 0.564. The Kier molecular flexibility index (Phi) is 5.80. The number of ether oxygens (including phenoxy) is 2. The molecular weight excluding hydrogens is 323 g/mol. The highest BCUT2D eigenvalue weighted by atomic mass is 35.5. The fraction of sp³-hybridized carbons (Fsp3) is 0.500. The molecule has 1 aliphatic heterocycles. The molecule has 0 amide bonds. The Morgan fingerprint density at radius 2 is 1.86 bits per heavy atom. The maximum atomic E-state index is 14.0. The normalized spacial score (nSPS) is 19.1. The lowest BCUT2D eigenvalue weighted by Gasteiger charge is -2.17. The standard InChI is InChI=1S/C12H17FN2O4S.ClH/c1-18-10-5-9(13)12(6-11(10)19-2)20(16,17)15-4-3-8(14)7-15;/h5-6,8H,3-4,7,14H2,1-2H3;1H/t8-;/m0./s1. The Morgan fingerprint density at radius 3 is 2.33 bits per heavy atom. The molecule has 2 rings (SSSR count). The maximum Gasteiger partial charge on any atom is 0.246 e. The van der Waals surface area contributed by atoms with Gasteiger partial charge in [0.25, 0.3) is 0 Å². The number of hydrogen-bond acceptors (Lipinski definition) is 5. The number of hydrogen-bond donors (Lipinski definition) is 1. The summed E-state index contributed by atoms with van der Waals surface area (Å²) >= 11 is 0. The third kappa shape index (κ3) is 3.39. The van der Waals surface area contributed by atoms with E-state index in [0.29, 0.717) is 6.42 Å². The van der Waals surface area contributed by atoms with Crippen molar-refractivity contribution in [3.63, 3.8) is 0 Å². The minimum absolute atomic E-state index is 0. The van der Waals surface area contributed by atoms with Gasteiger partial charge in [0.2, 0.25) is 10.0 Å². The zero-order valence-electron chi connectivity index (χ0n) is 11.7. The first kappa shape index (κ1) is 18.0. The second kappa shape index (κ2) is 6.78. The molecule has 1 aliphatic rings. The molecule has 9 heteroatoms. The van der Waals surface area contributed by atoms with Crippen molar-refractivity contribution in [3.8, 4) is 11.5 Å². The average Bonchev–Trinajstić information content (AvgIpc) is 2.85. The van der Waals surface area contributed by atoms with Crippen molar-refractivity contribution in [2.75, 3.05) is 27.3 Å². The van der Waals surface area contributed by atoms with Gasteiger partial charge in [-0.2, -0.15) is 4.31 Å². The molecule has 1 atom stereocenters. The van der Waals surface area contributed by atoms with Gasteiger partial charge >= 0.3 is 0 Å². The van der Waals surface area contributed by atoms with Crippen LogP contribution in [-0.4, -0.2) is 46.1 Å². The summed E-state index contributed by atoms with van der Waals surface area (Å²) in [6, 6.07) is 1.92. The van der Waals surface area contributed by atoms with Gasteiger partial charge in [0.05, 0.1) is 14.2 Å². The second-order valence-corrected chi connectivity index (χ2v) is 6.46. The molecule has 120 valence electrons. The van der Waals surface area contributed by atoms with Crippen molar-refractivity contribution >= 4 is 22.4 Å². The predicted octanol–water partition coefficient (Wildman–Crippen LogP) is 0.986.